The molecule has 7 heteroatoms. The highest BCUT2D eigenvalue weighted by molar-refractivity contribution is 6.27. The van der Waals surface area contributed by atoms with Crippen LogP contribution in [0, 0.1) is 0 Å². The number of methoxy groups -OCH3 is 1. The number of fused-ring (bicyclic) bond motifs is 1. The van der Waals surface area contributed by atoms with Gasteiger partial charge < -0.3 is 14.8 Å². The Morgan fingerprint density at radius 2 is 2.00 bits per heavy atom. The number of aliphatic hydroxyl groups excluding tert-OH is 1. The van der Waals surface area contributed by atoms with Gasteiger partial charge in [0.25, 0.3) is 5.91 Å². The number of para-hydroxylation sites is 1. The van der Waals surface area contributed by atoms with E-state index in [1.54, 1.807) is 25.4 Å². The minimum atomic E-state index is -0.982. The van der Waals surface area contributed by atoms with Crippen LogP contribution in [0.4, 0.5) is 0 Å². The molecule has 2 N–H and O–H groups in total. The quantitative estimate of drug-likeness (QED) is 0.680. The molecule has 4 rings (SSSR count). The molecule has 6 nitrogen and oxygen atoms in total. The number of hydrogen-bond donors (Lipinski definition) is 2. The van der Waals surface area contributed by atoms with Crippen LogP contribution in [-0.4, -0.2) is 45.8 Å². The predicted molar refractivity (Wildman–Crippen MR) is 104 cm³/mol. The molecule has 138 valence electrons. The van der Waals surface area contributed by atoms with Crippen LogP contribution in [0.1, 0.15) is 17.2 Å². The van der Waals surface area contributed by atoms with Gasteiger partial charge >= 0.3 is 0 Å². The number of H-pyrrole nitrogens is 1. The third-order valence-corrected chi connectivity index (χ3v) is 4.98. The molecule has 0 saturated heterocycles. The summed E-state index contributed by atoms with van der Waals surface area (Å²) in [4.78, 5) is 15.6. The minimum Gasteiger partial charge on any atom is -0.497 e. The average molecular weight is 384 g/mol. The van der Waals surface area contributed by atoms with Crippen LogP contribution in [0.25, 0.3) is 10.9 Å². The summed E-state index contributed by atoms with van der Waals surface area (Å²) in [6.45, 7) is 0. The zero-order valence-corrected chi connectivity index (χ0v) is 15.3. The number of carbonyl (C=O) groups excluding carboxylic acids is 1. The van der Waals surface area contributed by atoms with Crippen LogP contribution in [0.5, 0.6) is 5.75 Å². The van der Waals surface area contributed by atoms with E-state index in [2.05, 4.69) is 10.1 Å². The van der Waals surface area contributed by atoms with Gasteiger partial charge in [-0.15, -0.1) is 11.6 Å². The molecular weight excluding hydrogens is 366 g/mol. The fourth-order valence-electron chi connectivity index (χ4n) is 3.41. The van der Waals surface area contributed by atoms with E-state index in [0.717, 1.165) is 22.0 Å². The summed E-state index contributed by atoms with van der Waals surface area (Å²) in [6, 6.07) is 14.3. The molecule has 2 atom stereocenters. The molecule has 0 saturated carbocycles. The standard InChI is InChI=1S/C20H18ClN3O3/c1-27-13-8-6-12(7-9-13)19-20(26)18(23-24(19)17(25)10-21)15-11-22-16-5-3-2-4-14(15)16/h2-9,11,19-20,22,26H,10H2,1H3/t19-,20+/m1/s1. The molecule has 0 radical (unpaired) electrons. The first-order valence-corrected chi connectivity index (χ1v) is 9.02. The Balaban J connectivity index is 1.78. The number of benzene rings is 2. The lowest BCUT2D eigenvalue weighted by Gasteiger charge is -2.24. The van der Waals surface area contributed by atoms with Crippen molar-refractivity contribution in [2.45, 2.75) is 12.1 Å². The van der Waals surface area contributed by atoms with Crippen LogP contribution in [-0.2, 0) is 4.79 Å². The normalized spacial score (nSPS) is 19.4. The van der Waals surface area contributed by atoms with Crippen molar-refractivity contribution in [2.75, 3.05) is 13.0 Å². The van der Waals surface area contributed by atoms with Crippen molar-refractivity contribution in [3.63, 3.8) is 0 Å². The highest BCUT2D eigenvalue weighted by Gasteiger charge is 2.41. The van der Waals surface area contributed by atoms with Gasteiger partial charge in [-0.3, -0.25) is 4.79 Å². The second-order valence-electron chi connectivity index (χ2n) is 6.27. The number of aliphatic hydroxyl groups is 1. The molecule has 1 aliphatic heterocycles. The first kappa shape index (κ1) is 17.6. The van der Waals surface area contributed by atoms with Crippen LogP contribution in [0.3, 0.4) is 0 Å². The van der Waals surface area contributed by atoms with Crippen molar-refractivity contribution in [3.8, 4) is 5.75 Å². The maximum absolute atomic E-state index is 12.4. The zero-order chi connectivity index (χ0) is 19.0. The number of nitrogens with one attached hydrogen (secondary N) is 1. The molecule has 0 aliphatic carbocycles. The molecular formula is C20H18ClN3O3. The predicted octanol–water partition coefficient (Wildman–Crippen LogP) is 3.06. The highest BCUT2D eigenvalue weighted by Crippen LogP contribution is 2.35. The summed E-state index contributed by atoms with van der Waals surface area (Å²) < 4.78 is 5.19. The molecule has 27 heavy (non-hydrogen) atoms. The third kappa shape index (κ3) is 2.97. The molecule has 1 aliphatic rings. The number of aromatic nitrogens is 1. The van der Waals surface area contributed by atoms with Crippen molar-refractivity contribution >= 4 is 34.1 Å². The van der Waals surface area contributed by atoms with Gasteiger partial charge in [0.1, 0.15) is 29.5 Å². The van der Waals surface area contributed by atoms with Crippen LogP contribution in [0.2, 0.25) is 0 Å². The summed E-state index contributed by atoms with van der Waals surface area (Å²) in [5.41, 5.74) is 2.89. The number of halogens is 1. The van der Waals surface area contributed by atoms with E-state index in [0.29, 0.717) is 11.5 Å². The van der Waals surface area contributed by atoms with E-state index < -0.39 is 12.1 Å². The van der Waals surface area contributed by atoms with E-state index in [1.807, 2.05) is 36.4 Å². The smallest absolute Gasteiger partial charge is 0.258 e. The molecule has 0 bridgehead atoms. The van der Waals surface area contributed by atoms with Gasteiger partial charge in [-0.2, -0.15) is 5.10 Å². The van der Waals surface area contributed by atoms with E-state index in [1.165, 1.54) is 5.01 Å². The van der Waals surface area contributed by atoms with E-state index >= 15 is 0 Å². The summed E-state index contributed by atoms with van der Waals surface area (Å²) in [5, 5.41) is 17.7. The SMILES string of the molecule is COc1ccc([C@@H]2[C@@H](O)C(c3c[nH]c4ccccc34)=NN2C(=O)CCl)cc1. The zero-order valence-electron chi connectivity index (χ0n) is 14.6. The number of rotatable bonds is 4. The second kappa shape index (κ2) is 7.06. The minimum absolute atomic E-state index is 0.218. The average Bonchev–Trinajstić information content (AvgIpc) is 3.28. The fraction of sp³-hybridized carbons (Fsp3) is 0.200. The Bertz CT molecular complexity index is 1010. The molecule has 1 aromatic heterocycles. The van der Waals surface area contributed by atoms with Crippen molar-refractivity contribution < 1.29 is 14.6 Å². The van der Waals surface area contributed by atoms with Gasteiger partial charge in [-0.25, -0.2) is 5.01 Å². The molecule has 2 heterocycles. The van der Waals surface area contributed by atoms with E-state index in [9.17, 15) is 9.90 Å². The first-order valence-electron chi connectivity index (χ1n) is 8.49. The van der Waals surface area contributed by atoms with Gasteiger partial charge in [-0.05, 0) is 23.8 Å². The van der Waals surface area contributed by atoms with Crippen molar-refractivity contribution in [1.82, 2.24) is 9.99 Å². The Kier molecular flexibility index (Phi) is 4.59. The molecule has 0 fully saturated rings. The lowest BCUT2D eigenvalue weighted by Crippen LogP contribution is -2.34. The second-order valence-corrected chi connectivity index (χ2v) is 6.54. The Labute approximate surface area is 161 Å². The van der Waals surface area contributed by atoms with Gasteiger partial charge in [-0.1, -0.05) is 30.3 Å². The highest BCUT2D eigenvalue weighted by atomic mass is 35.5. The number of alkyl halides is 1. The monoisotopic (exact) mass is 383 g/mol. The van der Waals surface area contributed by atoms with Crippen molar-refractivity contribution in [2.24, 2.45) is 5.10 Å². The van der Waals surface area contributed by atoms with E-state index in [-0.39, 0.29) is 11.8 Å². The summed E-state index contributed by atoms with van der Waals surface area (Å²) in [5.74, 6) is 0.106. The summed E-state index contributed by atoms with van der Waals surface area (Å²) in [7, 11) is 1.58. The van der Waals surface area contributed by atoms with Gasteiger partial charge in [0, 0.05) is 22.7 Å². The van der Waals surface area contributed by atoms with Gasteiger partial charge in [0.2, 0.25) is 0 Å². The number of ether oxygens (including phenoxy) is 1. The molecule has 2 aromatic carbocycles. The van der Waals surface area contributed by atoms with Gasteiger partial charge in [0.05, 0.1) is 7.11 Å². The van der Waals surface area contributed by atoms with Crippen molar-refractivity contribution in [3.05, 3.63) is 65.9 Å². The van der Waals surface area contributed by atoms with Crippen molar-refractivity contribution in [1.29, 1.82) is 0 Å². The van der Waals surface area contributed by atoms with Crippen LogP contribution in [0.15, 0.2) is 59.8 Å². The summed E-state index contributed by atoms with van der Waals surface area (Å²) in [6.07, 6.45) is 0.816. The molecule has 1 amide bonds. The lowest BCUT2D eigenvalue weighted by atomic mass is 9.95. The first-order chi connectivity index (χ1) is 13.1. The number of carbonyl (C=O) groups is 1. The lowest BCUT2D eigenvalue weighted by molar-refractivity contribution is -0.131. The van der Waals surface area contributed by atoms with Crippen LogP contribution < -0.4 is 4.74 Å². The molecule has 3 aromatic rings. The third-order valence-electron chi connectivity index (χ3n) is 4.75. The Morgan fingerprint density at radius 3 is 2.70 bits per heavy atom. The largest absolute Gasteiger partial charge is 0.497 e. The Morgan fingerprint density at radius 1 is 1.26 bits per heavy atom. The summed E-state index contributed by atoms with van der Waals surface area (Å²) >= 11 is 5.78. The Hall–Kier alpha value is -2.83. The van der Waals surface area contributed by atoms with Crippen LogP contribution >= 0.6 is 11.6 Å². The topological polar surface area (TPSA) is 77.9 Å². The molecule has 0 unspecified atom stereocenters. The molecule has 0 spiro atoms. The number of nitrogens with zero attached hydrogens (tertiary/aromatic N) is 2. The maximum Gasteiger partial charge on any atom is 0.258 e. The number of hydrazone groups is 1. The fourth-order valence-corrected chi connectivity index (χ4v) is 3.54. The van der Waals surface area contributed by atoms with E-state index in [4.69, 9.17) is 16.3 Å². The maximum atomic E-state index is 12.4. The number of aromatic amines is 1. The number of hydrogen-bond acceptors (Lipinski definition) is 4. The number of amides is 1. The van der Waals surface area contributed by atoms with Gasteiger partial charge in [0.15, 0.2) is 0 Å².